The summed E-state index contributed by atoms with van der Waals surface area (Å²) >= 11 is 7.22. The first kappa shape index (κ1) is 18.3. The molecule has 3 aromatic rings. The molecule has 8 heteroatoms. The number of aromatic amines is 1. The third kappa shape index (κ3) is 5.00. The fourth-order valence-corrected chi connectivity index (χ4v) is 3.09. The van der Waals surface area contributed by atoms with Crippen molar-refractivity contribution in [3.63, 3.8) is 0 Å². The van der Waals surface area contributed by atoms with E-state index in [2.05, 4.69) is 20.5 Å². The minimum absolute atomic E-state index is 0.179. The minimum Gasteiger partial charge on any atom is -0.495 e. The molecular formula is C18H17ClN4O2S. The molecule has 0 saturated carbocycles. The summed E-state index contributed by atoms with van der Waals surface area (Å²) in [5, 5.41) is 10.9. The molecule has 1 amide bonds. The van der Waals surface area contributed by atoms with Crippen molar-refractivity contribution < 1.29 is 9.53 Å². The van der Waals surface area contributed by atoms with Crippen LogP contribution in [0.3, 0.4) is 0 Å². The molecule has 0 fully saturated rings. The van der Waals surface area contributed by atoms with Gasteiger partial charge in [-0.05, 0) is 23.8 Å². The Kier molecular flexibility index (Phi) is 6.14. The van der Waals surface area contributed by atoms with Crippen LogP contribution in [0.15, 0.2) is 53.7 Å². The van der Waals surface area contributed by atoms with Crippen LogP contribution in [0.4, 0.5) is 5.69 Å². The Morgan fingerprint density at radius 3 is 2.85 bits per heavy atom. The van der Waals surface area contributed by atoms with E-state index >= 15 is 0 Å². The molecule has 0 unspecified atom stereocenters. The molecule has 0 bridgehead atoms. The van der Waals surface area contributed by atoms with Crippen LogP contribution in [0.5, 0.6) is 5.75 Å². The van der Waals surface area contributed by atoms with Crippen LogP contribution in [0.2, 0.25) is 5.02 Å². The van der Waals surface area contributed by atoms with E-state index in [9.17, 15) is 4.79 Å². The zero-order valence-electron chi connectivity index (χ0n) is 14.0. The van der Waals surface area contributed by atoms with Crippen molar-refractivity contribution in [3.8, 4) is 5.75 Å². The number of ether oxygens (including phenoxy) is 1. The van der Waals surface area contributed by atoms with E-state index in [0.717, 1.165) is 11.4 Å². The number of benzene rings is 2. The highest BCUT2D eigenvalue weighted by Gasteiger charge is 2.11. The quantitative estimate of drug-likeness (QED) is 0.602. The second-order valence-electron chi connectivity index (χ2n) is 5.41. The Morgan fingerprint density at radius 2 is 2.08 bits per heavy atom. The Morgan fingerprint density at radius 1 is 1.27 bits per heavy atom. The van der Waals surface area contributed by atoms with Gasteiger partial charge in [-0.1, -0.05) is 53.7 Å². The lowest BCUT2D eigenvalue weighted by Crippen LogP contribution is -2.14. The molecule has 26 heavy (non-hydrogen) atoms. The van der Waals surface area contributed by atoms with Gasteiger partial charge in [0.1, 0.15) is 11.6 Å². The fourth-order valence-electron chi connectivity index (χ4n) is 2.30. The van der Waals surface area contributed by atoms with E-state index in [4.69, 9.17) is 16.3 Å². The van der Waals surface area contributed by atoms with Crippen molar-refractivity contribution in [1.82, 2.24) is 15.2 Å². The number of amides is 1. The normalized spacial score (nSPS) is 10.5. The predicted molar refractivity (Wildman–Crippen MR) is 103 cm³/mol. The van der Waals surface area contributed by atoms with E-state index in [0.29, 0.717) is 28.0 Å². The van der Waals surface area contributed by atoms with Gasteiger partial charge in [-0.2, -0.15) is 0 Å². The molecule has 0 atom stereocenters. The smallest absolute Gasteiger partial charge is 0.234 e. The Hall–Kier alpha value is -2.51. The Labute approximate surface area is 160 Å². The van der Waals surface area contributed by atoms with Gasteiger partial charge in [0, 0.05) is 11.4 Å². The maximum atomic E-state index is 12.2. The number of rotatable bonds is 7. The van der Waals surface area contributed by atoms with Crippen LogP contribution in [0, 0.1) is 0 Å². The number of H-pyrrole nitrogens is 1. The van der Waals surface area contributed by atoms with Crippen LogP contribution in [0.25, 0.3) is 0 Å². The Bertz CT molecular complexity index is 886. The van der Waals surface area contributed by atoms with Gasteiger partial charge in [-0.15, -0.1) is 5.10 Å². The topological polar surface area (TPSA) is 79.9 Å². The van der Waals surface area contributed by atoms with Gasteiger partial charge in [-0.3, -0.25) is 9.89 Å². The van der Waals surface area contributed by atoms with Gasteiger partial charge in [0.25, 0.3) is 0 Å². The van der Waals surface area contributed by atoms with Gasteiger partial charge in [0.2, 0.25) is 11.1 Å². The third-order valence-corrected chi connectivity index (χ3v) is 4.58. The van der Waals surface area contributed by atoms with Gasteiger partial charge in [-0.25, -0.2) is 4.98 Å². The first-order chi connectivity index (χ1) is 12.6. The number of hydrogen-bond donors (Lipinski definition) is 2. The molecule has 2 N–H and O–H groups in total. The monoisotopic (exact) mass is 388 g/mol. The summed E-state index contributed by atoms with van der Waals surface area (Å²) < 4.78 is 5.21. The van der Waals surface area contributed by atoms with Crippen molar-refractivity contribution in [2.24, 2.45) is 0 Å². The van der Waals surface area contributed by atoms with Gasteiger partial charge in [0.15, 0.2) is 0 Å². The van der Waals surface area contributed by atoms with Crippen molar-refractivity contribution >= 4 is 35.0 Å². The molecular weight excluding hydrogens is 372 g/mol. The number of nitrogens with one attached hydrogen (secondary N) is 2. The van der Waals surface area contributed by atoms with E-state index in [1.54, 1.807) is 18.2 Å². The molecule has 134 valence electrons. The van der Waals surface area contributed by atoms with E-state index in [-0.39, 0.29) is 11.7 Å². The van der Waals surface area contributed by atoms with E-state index in [1.807, 2.05) is 30.3 Å². The maximum Gasteiger partial charge on any atom is 0.234 e. The number of halogens is 1. The fraction of sp³-hybridized carbons (Fsp3) is 0.167. The predicted octanol–water partition coefficient (Wildman–Crippen LogP) is 3.79. The van der Waals surface area contributed by atoms with Crippen LogP contribution in [0.1, 0.15) is 11.4 Å². The average molecular weight is 389 g/mol. The van der Waals surface area contributed by atoms with Crippen LogP contribution in [-0.4, -0.2) is 34.0 Å². The molecule has 2 aromatic carbocycles. The lowest BCUT2D eigenvalue weighted by Gasteiger charge is -2.09. The highest BCUT2D eigenvalue weighted by molar-refractivity contribution is 7.99. The number of aromatic nitrogens is 3. The summed E-state index contributed by atoms with van der Waals surface area (Å²) in [7, 11) is 1.54. The molecule has 1 heterocycles. The van der Waals surface area contributed by atoms with Crippen molar-refractivity contribution in [2.45, 2.75) is 11.6 Å². The van der Waals surface area contributed by atoms with Crippen molar-refractivity contribution in [1.29, 1.82) is 0 Å². The number of hydrogen-bond acceptors (Lipinski definition) is 5. The van der Waals surface area contributed by atoms with Crippen molar-refractivity contribution in [2.75, 3.05) is 18.2 Å². The molecule has 3 rings (SSSR count). The van der Waals surface area contributed by atoms with Crippen molar-refractivity contribution in [3.05, 3.63) is 64.9 Å². The summed E-state index contributed by atoms with van der Waals surface area (Å²) in [6.45, 7) is 0. The maximum absolute atomic E-state index is 12.2. The molecule has 0 saturated heterocycles. The molecule has 0 aliphatic rings. The summed E-state index contributed by atoms with van der Waals surface area (Å²) in [5.74, 6) is 1.30. The zero-order valence-corrected chi connectivity index (χ0v) is 15.6. The number of carbonyl (C=O) groups is 1. The van der Waals surface area contributed by atoms with Crippen LogP contribution in [-0.2, 0) is 11.2 Å². The summed E-state index contributed by atoms with van der Waals surface area (Å²) in [4.78, 5) is 16.6. The second-order valence-corrected chi connectivity index (χ2v) is 6.79. The summed E-state index contributed by atoms with van der Waals surface area (Å²) in [6.07, 6.45) is 0.667. The minimum atomic E-state index is -0.190. The van der Waals surface area contributed by atoms with Crippen LogP contribution >= 0.6 is 23.4 Å². The second kappa shape index (κ2) is 8.73. The zero-order chi connectivity index (χ0) is 18.4. The molecule has 1 aromatic heterocycles. The number of anilines is 1. The molecule has 0 radical (unpaired) electrons. The average Bonchev–Trinajstić information content (AvgIpc) is 3.08. The number of methoxy groups -OCH3 is 1. The molecule has 0 aliphatic carbocycles. The molecule has 0 aliphatic heterocycles. The van der Waals surface area contributed by atoms with Crippen LogP contribution < -0.4 is 10.1 Å². The van der Waals surface area contributed by atoms with E-state index < -0.39 is 0 Å². The number of carbonyl (C=O) groups excluding carboxylic acids is 1. The summed E-state index contributed by atoms with van der Waals surface area (Å²) in [6, 6.07) is 15.0. The SMILES string of the molecule is COc1ccc(Cl)cc1NC(=O)CSc1n[nH]c(Cc2ccccc2)n1. The third-order valence-electron chi connectivity index (χ3n) is 3.49. The van der Waals surface area contributed by atoms with E-state index in [1.165, 1.54) is 18.9 Å². The number of nitrogens with zero attached hydrogens (tertiary/aromatic N) is 2. The highest BCUT2D eigenvalue weighted by Crippen LogP contribution is 2.28. The molecule has 6 nitrogen and oxygen atoms in total. The Balaban J connectivity index is 1.54. The first-order valence-electron chi connectivity index (χ1n) is 7.85. The molecule has 0 spiro atoms. The van der Waals surface area contributed by atoms with Gasteiger partial charge in [0.05, 0.1) is 18.6 Å². The number of thioether (sulfide) groups is 1. The van der Waals surface area contributed by atoms with Gasteiger partial charge >= 0.3 is 0 Å². The first-order valence-corrected chi connectivity index (χ1v) is 9.22. The lowest BCUT2D eigenvalue weighted by atomic mass is 10.1. The summed E-state index contributed by atoms with van der Waals surface area (Å²) in [5.41, 5.74) is 1.68. The standard InChI is InChI=1S/C18H17ClN4O2S/c1-25-15-8-7-13(19)10-14(15)20-17(24)11-26-18-21-16(22-23-18)9-12-5-3-2-4-6-12/h2-8,10H,9,11H2,1H3,(H,20,24)(H,21,22,23). The largest absolute Gasteiger partial charge is 0.495 e. The highest BCUT2D eigenvalue weighted by atomic mass is 35.5. The van der Waals surface area contributed by atoms with Gasteiger partial charge < -0.3 is 10.1 Å². The lowest BCUT2D eigenvalue weighted by molar-refractivity contribution is -0.113.